The molecule has 0 aliphatic rings. The Kier molecular flexibility index (Phi) is 4.90. The fourth-order valence-electron chi connectivity index (χ4n) is 1.63. The molecule has 5 nitrogen and oxygen atoms in total. The maximum atomic E-state index is 11.9. The highest BCUT2D eigenvalue weighted by Crippen LogP contribution is 2.17. The van der Waals surface area contributed by atoms with Gasteiger partial charge in [-0.1, -0.05) is 6.07 Å². The number of aryl methyl sites for hydroxylation is 1. The molecule has 3 N–H and O–H groups in total. The molecule has 0 radical (unpaired) electrons. The fraction of sp³-hybridized carbons (Fsp3) is 0.429. The molecular formula is C14H19N3O2. The number of carbonyl (C=O) groups excluding carboxylic acids is 1. The first-order chi connectivity index (χ1) is 8.88. The second-order valence-corrected chi connectivity index (χ2v) is 5.08. The molecular weight excluding hydrogens is 242 g/mol. The van der Waals surface area contributed by atoms with E-state index in [1.54, 1.807) is 18.2 Å². The number of nitrogens with one attached hydrogen (secondary N) is 2. The normalized spacial score (nSPS) is 10.7. The van der Waals surface area contributed by atoms with E-state index < -0.39 is 5.54 Å². The number of nitriles is 1. The molecule has 1 rings (SSSR count). The summed E-state index contributed by atoms with van der Waals surface area (Å²) in [6.45, 7) is 5.54. The second kappa shape index (κ2) is 6.21. The molecule has 0 unspecified atom stereocenters. The van der Waals surface area contributed by atoms with Gasteiger partial charge in [0.25, 0.3) is 0 Å². The zero-order valence-electron chi connectivity index (χ0n) is 11.4. The third-order valence-corrected chi connectivity index (χ3v) is 2.80. The van der Waals surface area contributed by atoms with Gasteiger partial charge >= 0.3 is 6.03 Å². The number of nitrogens with zero attached hydrogens (tertiary/aromatic N) is 1. The molecule has 19 heavy (non-hydrogen) atoms. The van der Waals surface area contributed by atoms with E-state index in [4.69, 9.17) is 10.4 Å². The van der Waals surface area contributed by atoms with Gasteiger partial charge in [0, 0.05) is 17.8 Å². The molecule has 0 aliphatic carbocycles. The molecule has 1 aromatic carbocycles. The number of hydrogen-bond acceptors (Lipinski definition) is 3. The van der Waals surface area contributed by atoms with Crippen molar-refractivity contribution < 1.29 is 9.90 Å². The lowest BCUT2D eigenvalue weighted by atomic mass is 10.0. The van der Waals surface area contributed by atoms with Crippen LogP contribution in [0, 0.1) is 18.3 Å². The van der Waals surface area contributed by atoms with Crippen molar-refractivity contribution >= 4 is 11.7 Å². The molecule has 0 saturated heterocycles. The van der Waals surface area contributed by atoms with Crippen LogP contribution < -0.4 is 10.6 Å². The van der Waals surface area contributed by atoms with Gasteiger partial charge in [-0.05, 0) is 44.9 Å². The summed E-state index contributed by atoms with van der Waals surface area (Å²) in [4.78, 5) is 11.9. The highest BCUT2D eigenvalue weighted by Gasteiger charge is 2.19. The number of rotatable bonds is 4. The van der Waals surface area contributed by atoms with E-state index in [1.165, 1.54) is 0 Å². The Hall–Kier alpha value is -2.06. The minimum atomic E-state index is -0.487. The van der Waals surface area contributed by atoms with Crippen molar-refractivity contribution in [1.29, 1.82) is 5.26 Å². The van der Waals surface area contributed by atoms with Crippen LogP contribution in [0.4, 0.5) is 10.5 Å². The minimum absolute atomic E-state index is 0.0101. The lowest BCUT2D eigenvalue weighted by Gasteiger charge is -2.25. The van der Waals surface area contributed by atoms with E-state index in [9.17, 15) is 4.79 Å². The first kappa shape index (κ1) is 15.0. The van der Waals surface area contributed by atoms with Gasteiger partial charge in [0.15, 0.2) is 0 Å². The lowest BCUT2D eigenvalue weighted by molar-refractivity contribution is 0.218. The maximum absolute atomic E-state index is 11.9. The molecule has 0 saturated carbocycles. The lowest BCUT2D eigenvalue weighted by Crippen LogP contribution is -2.46. The van der Waals surface area contributed by atoms with E-state index in [2.05, 4.69) is 10.6 Å². The third-order valence-electron chi connectivity index (χ3n) is 2.80. The monoisotopic (exact) mass is 261 g/mol. The predicted molar refractivity (Wildman–Crippen MR) is 73.8 cm³/mol. The highest BCUT2D eigenvalue weighted by molar-refractivity contribution is 5.90. The Balaban J connectivity index is 2.75. The average molecular weight is 261 g/mol. The summed E-state index contributed by atoms with van der Waals surface area (Å²) in [5.74, 6) is 0. The van der Waals surface area contributed by atoms with Gasteiger partial charge in [-0.2, -0.15) is 5.26 Å². The standard InChI is InChI=1S/C14H19N3O2/c1-10-4-5-11(9-15)8-12(10)16-13(19)17-14(2,3)6-7-18/h4-5,8,18H,6-7H2,1-3H3,(H2,16,17,19). The summed E-state index contributed by atoms with van der Waals surface area (Å²) in [6.07, 6.45) is 0.470. The van der Waals surface area contributed by atoms with E-state index >= 15 is 0 Å². The van der Waals surface area contributed by atoms with Crippen molar-refractivity contribution in [2.45, 2.75) is 32.7 Å². The molecule has 0 atom stereocenters. The molecule has 0 spiro atoms. The van der Waals surface area contributed by atoms with Crippen LogP contribution in [0.25, 0.3) is 0 Å². The summed E-state index contributed by atoms with van der Waals surface area (Å²) in [6, 6.07) is 6.80. The summed E-state index contributed by atoms with van der Waals surface area (Å²) >= 11 is 0. The molecule has 102 valence electrons. The number of benzene rings is 1. The van der Waals surface area contributed by atoms with Crippen molar-refractivity contribution in [2.24, 2.45) is 0 Å². The number of aliphatic hydroxyl groups is 1. The SMILES string of the molecule is Cc1ccc(C#N)cc1NC(=O)NC(C)(C)CCO. The van der Waals surface area contributed by atoms with Crippen LogP contribution in [-0.2, 0) is 0 Å². The minimum Gasteiger partial charge on any atom is -0.396 e. The van der Waals surface area contributed by atoms with Gasteiger partial charge in [0.2, 0.25) is 0 Å². The van der Waals surface area contributed by atoms with E-state index in [0.717, 1.165) is 5.56 Å². The average Bonchev–Trinajstić information content (AvgIpc) is 2.31. The second-order valence-electron chi connectivity index (χ2n) is 5.08. The number of anilines is 1. The number of urea groups is 1. The van der Waals surface area contributed by atoms with Crippen LogP contribution in [0.3, 0.4) is 0 Å². The molecule has 0 aliphatic heterocycles. The topological polar surface area (TPSA) is 85.2 Å². The molecule has 0 aromatic heterocycles. The van der Waals surface area contributed by atoms with Crippen LogP contribution in [0.1, 0.15) is 31.4 Å². The Bertz CT molecular complexity index is 504. The van der Waals surface area contributed by atoms with Crippen molar-refractivity contribution in [3.63, 3.8) is 0 Å². The van der Waals surface area contributed by atoms with E-state index in [0.29, 0.717) is 17.7 Å². The van der Waals surface area contributed by atoms with Crippen LogP contribution >= 0.6 is 0 Å². The molecule has 1 aromatic rings. The van der Waals surface area contributed by atoms with Gasteiger partial charge in [-0.3, -0.25) is 0 Å². The first-order valence-electron chi connectivity index (χ1n) is 6.09. The largest absolute Gasteiger partial charge is 0.396 e. The number of carbonyl (C=O) groups is 1. The van der Waals surface area contributed by atoms with Crippen molar-refractivity contribution in [3.8, 4) is 6.07 Å². The van der Waals surface area contributed by atoms with Gasteiger partial charge < -0.3 is 15.7 Å². The number of amides is 2. The Labute approximate surface area is 113 Å². The Morgan fingerprint density at radius 2 is 2.16 bits per heavy atom. The third kappa shape index (κ3) is 4.60. The van der Waals surface area contributed by atoms with E-state index in [-0.39, 0.29) is 12.6 Å². The summed E-state index contributed by atoms with van der Waals surface area (Å²) in [7, 11) is 0. The smallest absolute Gasteiger partial charge is 0.319 e. The van der Waals surface area contributed by atoms with Crippen LogP contribution in [0.2, 0.25) is 0 Å². The molecule has 5 heteroatoms. The zero-order chi connectivity index (χ0) is 14.5. The van der Waals surface area contributed by atoms with Crippen LogP contribution in [0.15, 0.2) is 18.2 Å². The molecule has 0 fully saturated rings. The Morgan fingerprint density at radius 1 is 1.47 bits per heavy atom. The van der Waals surface area contributed by atoms with Crippen LogP contribution in [0.5, 0.6) is 0 Å². The van der Waals surface area contributed by atoms with Crippen molar-refractivity contribution in [2.75, 3.05) is 11.9 Å². The highest BCUT2D eigenvalue weighted by atomic mass is 16.3. The molecule has 0 bridgehead atoms. The number of aliphatic hydroxyl groups excluding tert-OH is 1. The zero-order valence-corrected chi connectivity index (χ0v) is 11.4. The summed E-state index contributed by atoms with van der Waals surface area (Å²) in [5, 5.41) is 23.2. The summed E-state index contributed by atoms with van der Waals surface area (Å²) < 4.78 is 0. The molecule has 2 amide bonds. The van der Waals surface area contributed by atoms with Crippen molar-refractivity contribution in [1.82, 2.24) is 5.32 Å². The number of hydrogen-bond donors (Lipinski definition) is 3. The molecule has 0 heterocycles. The van der Waals surface area contributed by atoms with Gasteiger partial charge in [0.1, 0.15) is 0 Å². The van der Waals surface area contributed by atoms with E-state index in [1.807, 2.05) is 26.8 Å². The van der Waals surface area contributed by atoms with Crippen molar-refractivity contribution in [3.05, 3.63) is 29.3 Å². The quantitative estimate of drug-likeness (QED) is 0.776. The maximum Gasteiger partial charge on any atom is 0.319 e. The predicted octanol–water partition coefficient (Wildman–Crippen LogP) is 2.15. The Morgan fingerprint density at radius 3 is 2.74 bits per heavy atom. The fourth-order valence-corrected chi connectivity index (χ4v) is 1.63. The summed E-state index contributed by atoms with van der Waals surface area (Å²) in [5.41, 5.74) is 1.50. The van der Waals surface area contributed by atoms with Gasteiger partial charge in [-0.15, -0.1) is 0 Å². The van der Waals surface area contributed by atoms with Crippen LogP contribution in [-0.4, -0.2) is 23.3 Å². The first-order valence-corrected chi connectivity index (χ1v) is 6.09. The van der Waals surface area contributed by atoms with Gasteiger partial charge in [0.05, 0.1) is 11.6 Å². The van der Waals surface area contributed by atoms with Gasteiger partial charge in [-0.25, -0.2) is 4.79 Å².